The van der Waals surface area contributed by atoms with Crippen LogP contribution in [0.2, 0.25) is 0 Å². The quantitative estimate of drug-likeness (QED) is 0.776. The summed E-state index contributed by atoms with van der Waals surface area (Å²) in [7, 11) is 1.79. The van der Waals surface area contributed by atoms with Crippen molar-refractivity contribution in [1.29, 1.82) is 0 Å². The van der Waals surface area contributed by atoms with Gasteiger partial charge in [0, 0.05) is 13.6 Å². The highest BCUT2D eigenvalue weighted by Gasteiger charge is 2.27. The third-order valence-electron chi connectivity index (χ3n) is 4.68. The van der Waals surface area contributed by atoms with Crippen molar-refractivity contribution in [2.75, 3.05) is 7.05 Å². The number of hydrogen-bond donors (Lipinski definition) is 1. The minimum atomic E-state index is -0.527. The van der Waals surface area contributed by atoms with Crippen LogP contribution in [0.1, 0.15) is 37.5 Å². The van der Waals surface area contributed by atoms with Gasteiger partial charge in [0.15, 0.2) is 0 Å². The molecule has 1 atom stereocenters. The molecule has 4 heteroatoms. The third-order valence-corrected chi connectivity index (χ3v) is 4.68. The summed E-state index contributed by atoms with van der Waals surface area (Å²) in [5.41, 5.74) is 3.30. The zero-order valence-electron chi connectivity index (χ0n) is 16.7. The van der Waals surface area contributed by atoms with E-state index in [1.807, 2.05) is 44.2 Å². The standard InChI is InChI=1S/C23H30N2O2/c1-5-18-11-13-20(14-12-18)16-25(4)23(27)22(17(2)3)24-21(26)15-19-9-7-6-8-10-19/h6-14,17,22H,5,15-16H2,1-4H3,(H,24,26)/t22-/m0/s1. The van der Waals surface area contributed by atoms with E-state index in [4.69, 9.17) is 0 Å². The van der Waals surface area contributed by atoms with Crippen LogP contribution in [0.25, 0.3) is 0 Å². The number of nitrogens with zero attached hydrogens (tertiary/aromatic N) is 1. The molecule has 0 unspecified atom stereocenters. The molecule has 0 aliphatic carbocycles. The van der Waals surface area contributed by atoms with E-state index in [0.717, 1.165) is 17.5 Å². The highest BCUT2D eigenvalue weighted by molar-refractivity contribution is 5.88. The number of carbonyl (C=O) groups excluding carboxylic acids is 2. The molecule has 27 heavy (non-hydrogen) atoms. The van der Waals surface area contributed by atoms with Gasteiger partial charge in [-0.1, -0.05) is 75.4 Å². The van der Waals surface area contributed by atoms with Gasteiger partial charge in [0.2, 0.25) is 11.8 Å². The van der Waals surface area contributed by atoms with Crippen LogP contribution < -0.4 is 5.32 Å². The van der Waals surface area contributed by atoms with E-state index in [-0.39, 0.29) is 24.2 Å². The summed E-state index contributed by atoms with van der Waals surface area (Å²) in [6.07, 6.45) is 1.28. The Morgan fingerprint density at radius 2 is 1.52 bits per heavy atom. The number of carbonyl (C=O) groups is 2. The minimum absolute atomic E-state index is 0.0159. The molecule has 1 N–H and O–H groups in total. The lowest BCUT2D eigenvalue weighted by Crippen LogP contribution is -2.50. The number of amides is 2. The maximum Gasteiger partial charge on any atom is 0.245 e. The van der Waals surface area contributed by atoms with E-state index < -0.39 is 6.04 Å². The highest BCUT2D eigenvalue weighted by atomic mass is 16.2. The lowest BCUT2D eigenvalue weighted by atomic mass is 10.0. The maximum atomic E-state index is 12.9. The second-order valence-corrected chi connectivity index (χ2v) is 7.32. The van der Waals surface area contributed by atoms with Crippen LogP contribution in [0.15, 0.2) is 54.6 Å². The summed E-state index contributed by atoms with van der Waals surface area (Å²) in [5.74, 6) is -0.179. The summed E-state index contributed by atoms with van der Waals surface area (Å²) in [6.45, 7) is 6.56. The summed E-state index contributed by atoms with van der Waals surface area (Å²) in [6, 6.07) is 17.3. The van der Waals surface area contributed by atoms with Crippen molar-refractivity contribution in [2.24, 2.45) is 5.92 Å². The molecular formula is C23H30N2O2. The fraction of sp³-hybridized carbons (Fsp3) is 0.391. The van der Waals surface area contributed by atoms with Crippen molar-refractivity contribution in [3.8, 4) is 0 Å². The molecule has 2 aromatic rings. The van der Waals surface area contributed by atoms with Gasteiger partial charge in [0.1, 0.15) is 6.04 Å². The van der Waals surface area contributed by atoms with Gasteiger partial charge in [-0.2, -0.15) is 0 Å². The van der Waals surface area contributed by atoms with Crippen LogP contribution in [0.3, 0.4) is 0 Å². The molecule has 0 fully saturated rings. The molecule has 4 nitrogen and oxygen atoms in total. The average molecular weight is 367 g/mol. The van der Waals surface area contributed by atoms with Gasteiger partial charge in [-0.25, -0.2) is 0 Å². The molecule has 0 saturated carbocycles. The van der Waals surface area contributed by atoms with Crippen molar-refractivity contribution < 1.29 is 9.59 Å². The predicted octanol–water partition coefficient (Wildman–Crippen LogP) is 3.59. The highest BCUT2D eigenvalue weighted by Crippen LogP contribution is 2.11. The smallest absolute Gasteiger partial charge is 0.245 e. The average Bonchev–Trinajstić information content (AvgIpc) is 2.66. The summed E-state index contributed by atoms with van der Waals surface area (Å²) < 4.78 is 0. The topological polar surface area (TPSA) is 49.4 Å². The Labute approximate surface area is 162 Å². The summed E-state index contributed by atoms with van der Waals surface area (Å²) >= 11 is 0. The van der Waals surface area contributed by atoms with Crippen LogP contribution in [0.5, 0.6) is 0 Å². The second kappa shape index (κ2) is 9.91. The molecule has 0 heterocycles. The molecule has 0 aromatic heterocycles. The van der Waals surface area contributed by atoms with Crippen molar-refractivity contribution >= 4 is 11.8 Å². The van der Waals surface area contributed by atoms with Crippen molar-refractivity contribution in [3.05, 3.63) is 71.3 Å². The van der Waals surface area contributed by atoms with Crippen molar-refractivity contribution in [2.45, 2.75) is 46.2 Å². The van der Waals surface area contributed by atoms with Crippen LogP contribution in [0.4, 0.5) is 0 Å². The maximum absolute atomic E-state index is 12.9. The molecule has 2 amide bonds. The van der Waals surface area contributed by atoms with E-state index in [9.17, 15) is 9.59 Å². The second-order valence-electron chi connectivity index (χ2n) is 7.32. The Morgan fingerprint density at radius 1 is 0.926 bits per heavy atom. The normalized spacial score (nSPS) is 11.9. The van der Waals surface area contributed by atoms with Crippen molar-refractivity contribution in [1.82, 2.24) is 10.2 Å². The van der Waals surface area contributed by atoms with Crippen LogP contribution in [-0.2, 0) is 29.0 Å². The van der Waals surface area contributed by atoms with Gasteiger partial charge in [-0.3, -0.25) is 9.59 Å². The van der Waals surface area contributed by atoms with Gasteiger partial charge in [-0.15, -0.1) is 0 Å². The predicted molar refractivity (Wildman–Crippen MR) is 109 cm³/mol. The number of benzene rings is 2. The third kappa shape index (κ3) is 6.24. The van der Waals surface area contributed by atoms with Gasteiger partial charge in [0.05, 0.1) is 6.42 Å². The molecule has 0 bridgehead atoms. The van der Waals surface area contributed by atoms with Gasteiger partial charge in [-0.05, 0) is 29.0 Å². The number of hydrogen-bond acceptors (Lipinski definition) is 2. The Balaban J connectivity index is 1.98. The fourth-order valence-corrected chi connectivity index (χ4v) is 2.99. The number of likely N-dealkylation sites (N-methyl/N-ethyl adjacent to an activating group) is 1. The first-order valence-corrected chi connectivity index (χ1v) is 9.56. The van der Waals surface area contributed by atoms with Crippen LogP contribution >= 0.6 is 0 Å². The molecule has 2 rings (SSSR count). The summed E-state index contributed by atoms with van der Waals surface area (Å²) in [4.78, 5) is 27.0. The number of aryl methyl sites for hydroxylation is 1. The fourth-order valence-electron chi connectivity index (χ4n) is 2.99. The Hall–Kier alpha value is -2.62. The lowest BCUT2D eigenvalue weighted by Gasteiger charge is -2.27. The largest absolute Gasteiger partial charge is 0.344 e. The molecule has 0 spiro atoms. The first-order valence-electron chi connectivity index (χ1n) is 9.56. The monoisotopic (exact) mass is 366 g/mol. The number of rotatable bonds is 8. The first-order chi connectivity index (χ1) is 12.9. The molecule has 0 aliphatic heterocycles. The molecule has 0 aliphatic rings. The van der Waals surface area contributed by atoms with E-state index >= 15 is 0 Å². The first kappa shape index (κ1) is 20.7. The summed E-state index contributed by atoms with van der Waals surface area (Å²) in [5, 5.41) is 2.92. The van der Waals surface area contributed by atoms with Crippen LogP contribution in [-0.4, -0.2) is 29.8 Å². The lowest BCUT2D eigenvalue weighted by molar-refractivity contribution is -0.136. The molecule has 144 valence electrons. The molecular weight excluding hydrogens is 336 g/mol. The Kier molecular flexibility index (Phi) is 7.59. The van der Waals surface area contributed by atoms with E-state index in [1.165, 1.54) is 5.56 Å². The SMILES string of the molecule is CCc1ccc(CN(C)C(=O)[C@@H](NC(=O)Cc2ccccc2)C(C)C)cc1. The van der Waals surface area contributed by atoms with Gasteiger partial charge < -0.3 is 10.2 Å². The van der Waals surface area contributed by atoms with E-state index in [2.05, 4.69) is 36.5 Å². The molecule has 2 aromatic carbocycles. The molecule has 0 radical (unpaired) electrons. The van der Waals surface area contributed by atoms with Gasteiger partial charge in [0.25, 0.3) is 0 Å². The Morgan fingerprint density at radius 3 is 2.07 bits per heavy atom. The zero-order valence-corrected chi connectivity index (χ0v) is 16.7. The van der Waals surface area contributed by atoms with E-state index in [1.54, 1.807) is 11.9 Å². The van der Waals surface area contributed by atoms with Crippen LogP contribution in [0, 0.1) is 5.92 Å². The van der Waals surface area contributed by atoms with E-state index in [0.29, 0.717) is 6.54 Å². The number of nitrogens with one attached hydrogen (secondary N) is 1. The van der Waals surface area contributed by atoms with Crippen molar-refractivity contribution in [3.63, 3.8) is 0 Å². The Bertz CT molecular complexity index is 739. The molecule has 0 saturated heterocycles. The zero-order chi connectivity index (χ0) is 19.8. The van der Waals surface area contributed by atoms with Gasteiger partial charge >= 0.3 is 0 Å². The minimum Gasteiger partial charge on any atom is -0.344 e.